The van der Waals surface area contributed by atoms with Crippen molar-refractivity contribution in [3.63, 3.8) is 0 Å². The number of para-hydroxylation sites is 2. The summed E-state index contributed by atoms with van der Waals surface area (Å²) >= 11 is 1.80. The molecule has 0 saturated heterocycles. The smallest absolute Gasteiger partial charge is 0.0816 e. The zero-order valence-electron chi connectivity index (χ0n) is 11.4. The van der Waals surface area contributed by atoms with Crippen molar-refractivity contribution in [2.45, 2.75) is 11.8 Å². The normalized spacial score (nSPS) is 16.1. The van der Waals surface area contributed by atoms with E-state index >= 15 is 0 Å². The Labute approximate surface area is 123 Å². The van der Waals surface area contributed by atoms with Crippen LogP contribution in [0.3, 0.4) is 0 Å². The fraction of sp³-hybridized carbons (Fsp3) is 0.118. The number of fused-ring (bicyclic) bond motifs is 1. The van der Waals surface area contributed by atoms with Crippen molar-refractivity contribution in [3.8, 4) is 0 Å². The summed E-state index contributed by atoms with van der Waals surface area (Å²) in [5.41, 5.74) is 2.27. The summed E-state index contributed by atoms with van der Waals surface area (Å²) in [6.07, 6.45) is 3.97. The van der Waals surface area contributed by atoms with Crippen LogP contribution >= 0.6 is 11.8 Å². The summed E-state index contributed by atoms with van der Waals surface area (Å²) in [6.45, 7) is 3.14. The van der Waals surface area contributed by atoms with Crippen molar-refractivity contribution < 1.29 is 0 Å². The van der Waals surface area contributed by atoms with Crippen LogP contribution in [-0.2, 0) is 0 Å². The Bertz CT molecular complexity index is 647. The number of nitrogens with zero attached hydrogens (tertiary/aromatic N) is 2. The molecule has 100 valence electrons. The van der Waals surface area contributed by atoms with Crippen molar-refractivity contribution in [2.75, 3.05) is 11.4 Å². The van der Waals surface area contributed by atoms with E-state index in [0.717, 1.165) is 12.2 Å². The monoisotopic (exact) mass is 280 g/mol. The molecule has 0 atom stereocenters. The minimum absolute atomic E-state index is 0.967. The van der Waals surface area contributed by atoms with Crippen molar-refractivity contribution in [1.82, 2.24) is 0 Å². The second-order valence-electron chi connectivity index (χ2n) is 4.43. The summed E-state index contributed by atoms with van der Waals surface area (Å²) in [5, 5.41) is 1.23. The lowest BCUT2D eigenvalue weighted by atomic mass is 10.3. The molecule has 0 aromatic heterocycles. The van der Waals surface area contributed by atoms with Gasteiger partial charge in [0.15, 0.2) is 0 Å². The van der Waals surface area contributed by atoms with Gasteiger partial charge >= 0.3 is 0 Å². The van der Waals surface area contributed by atoms with Gasteiger partial charge in [0.05, 0.1) is 16.4 Å². The molecule has 2 aromatic carbocycles. The molecule has 3 heteroatoms. The summed E-state index contributed by atoms with van der Waals surface area (Å²) in [6, 6.07) is 18.5. The number of benzene rings is 2. The van der Waals surface area contributed by atoms with E-state index < -0.39 is 0 Å². The molecule has 1 heterocycles. The van der Waals surface area contributed by atoms with Gasteiger partial charge in [-0.15, -0.1) is 0 Å². The number of allylic oxidation sites excluding steroid dienone is 1. The van der Waals surface area contributed by atoms with Crippen LogP contribution in [0.25, 0.3) is 0 Å². The SMILES string of the molecule is CCN1/C(=C\C=Nc2ccccc2)Sc2ccccc21. The summed E-state index contributed by atoms with van der Waals surface area (Å²) in [4.78, 5) is 8.09. The van der Waals surface area contributed by atoms with E-state index in [4.69, 9.17) is 0 Å². The van der Waals surface area contributed by atoms with Gasteiger partial charge in [-0.3, -0.25) is 4.99 Å². The van der Waals surface area contributed by atoms with Crippen LogP contribution in [0.5, 0.6) is 0 Å². The fourth-order valence-corrected chi connectivity index (χ4v) is 3.33. The van der Waals surface area contributed by atoms with Gasteiger partial charge in [0.1, 0.15) is 0 Å². The highest BCUT2D eigenvalue weighted by Crippen LogP contribution is 2.45. The molecule has 0 amide bonds. The molecule has 0 fully saturated rings. The standard InChI is InChI=1S/C17H16N2S/c1-2-19-15-10-6-7-11-16(15)20-17(19)12-13-18-14-8-4-3-5-9-14/h3-13H,2H2,1H3/b17-12+,18-13?. The van der Waals surface area contributed by atoms with Gasteiger partial charge in [0, 0.05) is 17.7 Å². The number of aliphatic imine (C=N–C) groups is 1. The quantitative estimate of drug-likeness (QED) is 0.746. The van der Waals surface area contributed by atoms with Crippen molar-refractivity contribution in [1.29, 1.82) is 0 Å². The van der Waals surface area contributed by atoms with Crippen molar-refractivity contribution >= 4 is 29.4 Å². The molecule has 1 aliphatic heterocycles. The van der Waals surface area contributed by atoms with Crippen molar-refractivity contribution in [2.24, 2.45) is 4.99 Å². The Kier molecular flexibility index (Phi) is 3.88. The van der Waals surface area contributed by atoms with Crippen LogP contribution in [0.2, 0.25) is 0 Å². The topological polar surface area (TPSA) is 15.6 Å². The lowest BCUT2D eigenvalue weighted by Crippen LogP contribution is -2.16. The Hall–Kier alpha value is -2.00. The molecule has 0 N–H and O–H groups in total. The molecular weight excluding hydrogens is 264 g/mol. The van der Waals surface area contributed by atoms with Gasteiger partial charge in [-0.05, 0) is 37.3 Å². The van der Waals surface area contributed by atoms with E-state index in [1.807, 2.05) is 36.5 Å². The zero-order chi connectivity index (χ0) is 13.8. The molecule has 2 nitrogen and oxygen atoms in total. The number of thioether (sulfide) groups is 1. The van der Waals surface area contributed by atoms with E-state index in [9.17, 15) is 0 Å². The zero-order valence-corrected chi connectivity index (χ0v) is 12.2. The first-order valence-corrected chi connectivity index (χ1v) is 7.54. The molecule has 2 aromatic rings. The predicted molar refractivity (Wildman–Crippen MR) is 88.0 cm³/mol. The van der Waals surface area contributed by atoms with Gasteiger partial charge in [0.2, 0.25) is 0 Å². The first-order valence-electron chi connectivity index (χ1n) is 6.72. The first kappa shape index (κ1) is 13.0. The van der Waals surface area contributed by atoms with Crippen molar-refractivity contribution in [3.05, 3.63) is 65.7 Å². The number of hydrogen-bond acceptors (Lipinski definition) is 3. The number of anilines is 1. The van der Waals surface area contributed by atoms with E-state index in [-0.39, 0.29) is 0 Å². The third kappa shape index (κ3) is 2.63. The molecule has 0 saturated carbocycles. The van der Waals surface area contributed by atoms with Gasteiger partial charge in [0.25, 0.3) is 0 Å². The van der Waals surface area contributed by atoms with Crippen LogP contribution < -0.4 is 4.90 Å². The maximum atomic E-state index is 4.46. The van der Waals surface area contributed by atoms with Gasteiger partial charge in [-0.25, -0.2) is 0 Å². The molecule has 0 aliphatic carbocycles. The van der Waals surface area contributed by atoms with E-state index in [1.54, 1.807) is 11.8 Å². The number of rotatable bonds is 3. The fourth-order valence-electron chi connectivity index (χ4n) is 2.20. The van der Waals surface area contributed by atoms with Gasteiger partial charge in [-0.2, -0.15) is 0 Å². The minimum atomic E-state index is 0.967. The maximum absolute atomic E-state index is 4.46. The van der Waals surface area contributed by atoms with Gasteiger partial charge in [-0.1, -0.05) is 42.1 Å². The molecule has 0 unspecified atom stereocenters. The average Bonchev–Trinajstić information content (AvgIpc) is 2.86. The third-order valence-corrected chi connectivity index (χ3v) is 4.28. The summed E-state index contributed by atoms with van der Waals surface area (Å²) < 4.78 is 0. The first-order chi connectivity index (χ1) is 9.88. The molecule has 20 heavy (non-hydrogen) atoms. The Balaban J connectivity index is 1.81. The highest BCUT2D eigenvalue weighted by atomic mass is 32.2. The Morgan fingerprint density at radius 1 is 1.05 bits per heavy atom. The lowest BCUT2D eigenvalue weighted by Gasteiger charge is -2.17. The predicted octanol–water partition coefficient (Wildman–Crippen LogP) is 4.86. The minimum Gasteiger partial charge on any atom is -0.335 e. The van der Waals surface area contributed by atoms with E-state index in [2.05, 4.69) is 47.2 Å². The summed E-state index contributed by atoms with van der Waals surface area (Å²) in [7, 11) is 0. The number of hydrogen-bond donors (Lipinski definition) is 0. The maximum Gasteiger partial charge on any atom is 0.0816 e. The average molecular weight is 280 g/mol. The third-order valence-electron chi connectivity index (χ3n) is 3.15. The van der Waals surface area contributed by atoms with Crippen LogP contribution in [0.4, 0.5) is 11.4 Å². The molecule has 0 radical (unpaired) electrons. The molecule has 0 spiro atoms. The Morgan fingerprint density at radius 2 is 1.80 bits per heavy atom. The van der Waals surface area contributed by atoms with E-state index in [1.165, 1.54) is 15.6 Å². The lowest BCUT2D eigenvalue weighted by molar-refractivity contribution is 1.00. The van der Waals surface area contributed by atoms with Crippen LogP contribution in [0.1, 0.15) is 6.92 Å². The summed E-state index contributed by atoms with van der Waals surface area (Å²) in [5.74, 6) is 0. The van der Waals surface area contributed by atoms with Crippen LogP contribution in [0, 0.1) is 0 Å². The van der Waals surface area contributed by atoms with Crippen LogP contribution in [0.15, 0.2) is 75.6 Å². The molecule has 3 rings (SSSR count). The highest BCUT2D eigenvalue weighted by Gasteiger charge is 2.22. The van der Waals surface area contributed by atoms with Gasteiger partial charge < -0.3 is 4.90 Å². The second-order valence-corrected chi connectivity index (χ2v) is 5.49. The molecule has 0 bridgehead atoms. The van der Waals surface area contributed by atoms with E-state index in [0.29, 0.717) is 0 Å². The van der Waals surface area contributed by atoms with Crippen LogP contribution in [-0.4, -0.2) is 12.8 Å². The largest absolute Gasteiger partial charge is 0.335 e. The Morgan fingerprint density at radius 3 is 2.60 bits per heavy atom. The second kappa shape index (κ2) is 5.97. The highest BCUT2D eigenvalue weighted by molar-refractivity contribution is 8.03. The molecular formula is C17H16N2S. The molecule has 1 aliphatic rings.